The van der Waals surface area contributed by atoms with Gasteiger partial charge in [-0.3, -0.25) is 25.3 Å². The first kappa shape index (κ1) is 23.8. The van der Waals surface area contributed by atoms with Crippen LogP contribution < -0.4 is 16.4 Å². The Labute approximate surface area is 190 Å². The lowest BCUT2D eigenvalue weighted by Gasteiger charge is -2.49. The molecule has 2 amide bonds. The third kappa shape index (κ3) is 4.38. The molecular weight excluding hydrogens is 405 g/mol. The van der Waals surface area contributed by atoms with Gasteiger partial charge in [0.05, 0.1) is 11.2 Å². The molecule has 2 aromatic rings. The van der Waals surface area contributed by atoms with Gasteiger partial charge in [-0.05, 0) is 56.9 Å². The average Bonchev–Trinajstić information content (AvgIpc) is 3.09. The van der Waals surface area contributed by atoms with Crippen LogP contribution in [0.4, 0.5) is 5.69 Å². The molecule has 0 radical (unpaired) electrons. The zero-order valence-electron chi connectivity index (χ0n) is 19.9. The van der Waals surface area contributed by atoms with Gasteiger partial charge < -0.3 is 5.02 Å². The van der Waals surface area contributed by atoms with Crippen molar-refractivity contribution in [2.45, 2.75) is 60.4 Å². The number of hydrogen-bond acceptors (Lipinski definition) is 5. The van der Waals surface area contributed by atoms with Crippen molar-refractivity contribution >= 4 is 30.1 Å². The van der Waals surface area contributed by atoms with Gasteiger partial charge in [0.1, 0.15) is 0 Å². The lowest BCUT2D eigenvalue weighted by Crippen LogP contribution is -2.63. The van der Waals surface area contributed by atoms with Crippen LogP contribution in [0.2, 0.25) is 0 Å². The number of carbonyl (C=O) groups excluding carboxylic acids is 2. The van der Waals surface area contributed by atoms with Crippen LogP contribution in [0.15, 0.2) is 36.4 Å². The van der Waals surface area contributed by atoms with Crippen LogP contribution in [0.1, 0.15) is 72.9 Å². The predicted octanol–water partition coefficient (Wildman–Crippen LogP) is 3.35. The van der Waals surface area contributed by atoms with Gasteiger partial charge >= 0.3 is 7.12 Å². The van der Waals surface area contributed by atoms with Crippen molar-refractivity contribution in [2.24, 2.45) is 5.41 Å². The third-order valence-corrected chi connectivity index (χ3v) is 6.54. The minimum absolute atomic E-state index is 0.262. The van der Waals surface area contributed by atoms with E-state index in [2.05, 4.69) is 31.7 Å². The first-order valence-electron chi connectivity index (χ1n) is 10.8. The van der Waals surface area contributed by atoms with E-state index in [1.54, 1.807) is 18.2 Å². The monoisotopic (exact) mass is 437 g/mol. The van der Waals surface area contributed by atoms with Crippen molar-refractivity contribution < 1.29 is 19.4 Å². The van der Waals surface area contributed by atoms with E-state index in [0.717, 1.165) is 11.1 Å². The normalized spacial score (nSPS) is 14.9. The maximum absolute atomic E-state index is 13.7. The Morgan fingerprint density at radius 1 is 1.06 bits per heavy atom. The van der Waals surface area contributed by atoms with Gasteiger partial charge in [-0.2, -0.15) is 0 Å². The van der Waals surface area contributed by atoms with Crippen molar-refractivity contribution in [3.05, 3.63) is 58.7 Å². The molecule has 1 atom stereocenters. The molecule has 1 heterocycles. The standard InChI is InChI=1S/C24H32BN3O4/c1-8-24(7,23(4,5)6)28(22(30)18-12-15(2)11-16(3)13-18)26-21(29)17-9-10-19-20(14-17)27-32-25(19)31/h9-14,27,31H,8H2,1-7H3,(H,26,29). The van der Waals surface area contributed by atoms with Crippen LogP contribution in [0, 0.1) is 19.3 Å². The number of hydrazine groups is 1. The second-order valence-corrected chi connectivity index (χ2v) is 9.71. The van der Waals surface area contributed by atoms with Crippen LogP contribution in [0.3, 0.4) is 0 Å². The lowest BCUT2D eigenvalue weighted by atomic mass is 9.72. The molecule has 170 valence electrons. The number of nitrogens with zero attached hydrogens (tertiary/aromatic N) is 1. The van der Waals surface area contributed by atoms with E-state index < -0.39 is 18.6 Å². The number of nitrogens with one attached hydrogen (secondary N) is 2. The highest BCUT2D eigenvalue weighted by Crippen LogP contribution is 2.38. The molecule has 32 heavy (non-hydrogen) atoms. The van der Waals surface area contributed by atoms with E-state index in [-0.39, 0.29) is 11.3 Å². The number of benzene rings is 2. The fourth-order valence-corrected chi connectivity index (χ4v) is 4.00. The van der Waals surface area contributed by atoms with Crippen LogP contribution in [0.25, 0.3) is 0 Å². The van der Waals surface area contributed by atoms with Gasteiger partial charge in [0.25, 0.3) is 11.8 Å². The molecule has 3 N–H and O–H groups in total. The smallest absolute Gasteiger partial charge is 0.422 e. The molecule has 1 aliphatic heterocycles. The van der Waals surface area contributed by atoms with Gasteiger partial charge in [-0.1, -0.05) is 51.0 Å². The second-order valence-electron chi connectivity index (χ2n) is 9.71. The Balaban J connectivity index is 2.01. The fraction of sp³-hybridized carbons (Fsp3) is 0.417. The van der Waals surface area contributed by atoms with Crippen molar-refractivity contribution in [3.63, 3.8) is 0 Å². The second kappa shape index (κ2) is 8.60. The van der Waals surface area contributed by atoms with E-state index in [1.807, 2.05) is 45.9 Å². The fourth-order valence-electron chi connectivity index (χ4n) is 4.00. The number of rotatable bonds is 4. The molecule has 1 unspecified atom stereocenters. The maximum atomic E-state index is 13.7. The molecule has 8 heteroatoms. The highest BCUT2D eigenvalue weighted by Gasteiger charge is 2.45. The molecule has 3 rings (SSSR count). The van der Waals surface area contributed by atoms with Crippen LogP contribution >= 0.6 is 0 Å². The summed E-state index contributed by atoms with van der Waals surface area (Å²) in [4.78, 5) is 27.0. The summed E-state index contributed by atoms with van der Waals surface area (Å²) >= 11 is 0. The topological polar surface area (TPSA) is 90.9 Å². The van der Waals surface area contributed by atoms with Gasteiger partial charge in [-0.25, -0.2) is 5.01 Å². The van der Waals surface area contributed by atoms with Gasteiger partial charge in [0, 0.05) is 16.6 Å². The summed E-state index contributed by atoms with van der Waals surface area (Å²) in [6, 6.07) is 10.5. The molecule has 0 fully saturated rings. The molecule has 2 aromatic carbocycles. The number of fused-ring (bicyclic) bond motifs is 1. The summed E-state index contributed by atoms with van der Waals surface area (Å²) in [7, 11) is -1.07. The van der Waals surface area contributed by atoms with E-state index >= 15 is 0 Å². The Morgan fingerprint density at radius 2 is 1.69 bits per heavy atom. The first-order chi connectivity index (χ1) is 14.9. The number of hydrogen-bond donors (Lipinski definition) is 3. The highest BCUT2D eigenvalue weighted by atomic mass is 16.7. The Hall–Kier alpha value is -2.84. The lowest BCUT2D eigenvalue weighted by molar-refractivity contribution is -0.0166. The highest BCUT2D eigenvalue weighted by molar-refractivity contribution is 6.63. The van der Waals surface area contributed by atoms with Crippen molar-refractivity contribution in [1.29, 1.82) is 0 Å². The molecule has 1 aliphatic rings. The Bertz CT molecular complexity index is 1030. The summed E-state index contributed by atoms with van der Waals surface area (Å²) in [6.07, 6.45) is 0.638. The largest absolute Gasteiger partial charge is 0.516 e. The molecule has 0 aliphatic carbocycles. The van der Waals surface area contributed by atoms with Crippen molar-refractivity contribution in [3.8, 4) is 0 Å². The summed E-state index contributed by atoms with van der Waals surface area (Å²) in [6.45, 7) is 14.1. The summed E-state index contributed by atoms with van der Waals surface area (Å²) in [5, 5.41) is 11.3. The van der Waals surface area contributed by atoms with Gasteiger partial charge in [0.2, 0.25) is 0 Å². The van der Waals surface area contributed by atoms with Crippen LogP contribution in [-0.2, 0) is 4.76 Å². The summed E-state index contributed by atoms with van der Waals surface area (Å²) in [5.74, 6) is -0.680. The molecule has 0 saturated carbocycles. The molecule has 0 saturated heterocycles. The molecule has 0 spiro atoms. The molecule has 0 aromatic heterocycles. The van der Waals surface area contributed by atoms with Crippen LogP contribution in [0.5, 0.6) is 0 Å². The van der Waals surface area contributed by atoms with Gasteiger partial charge in [-0.15, -0.1) is 0 Å². The molecule has 7 nitrogen and oxygen atoms in total. The van der Waals surface area contributed by atoms with E-state index in [4.69, 9.17) is 4.76 Å². The van der Waals surface area contributed by atoms with E-state index in [1.165, 1.54) is 5.01 Å². The van der Waals surface area contributed by atoms with Crippen molar-refractivity contribution in [1.82, 2.24) is 10.4 Å². The number of aryl methyl sites for hydroxylation is 2. The van der Waals surface area contributed by atoms with E-state index in [9.17, 15) is 14.6 Å². The minimum atomic E-state index is -1.07. The minimum Gasteiger partial charge on any atom is -0.422 e. The number of amides is 2. The summed E-state index contributed by atoms with van der Waals surface area (Å²) in [5.41, 5.74) is 8.43. The maximum Gasteiger partial charge on any atom is 0.516 e. The average molecular weight is 437 g/mol. The van der Waals surface area contributed by atoms with E-state index in [0.29, 0.717) is 28.7 Å². The summed E-state index contributed by atoms with van der Waals surface area (Å²) < 4.78 is 4.98. The Morgan fingerprint density at radius 3 is 2.25 bits per heavy atom. The predicted molar refractivity (Wildman–Crippen MR) is 126 cm³/mol. The number of anilines is 1. The zero-order chi connectivity index (χ0) is 23.8. The first-order valence-corrected chi connectivity index (χ1v) is 10.8. The SMILES string of the molecule is CCC(C)(N(NC(=O)c1ccc2c(c1)NOB2O)C(=O)c1cc(C)cc(C)c1)C(C)(C)C. The van der Waals surface area contributed by atoms with Crippen LogP contribution in [-0.4, -0.2) is 34.5 Å². The van der Waals surface area contributed by atoms with Gasteiger partial charge in [0.15, 0.2) is 0 Å². The third-order valence-electron chi connectivity index (χ3n) is 6.54. The molecule has 0 bridgehead atoms. The number of carbonyl (C=O) groups is 2. The quantitative estimate of drug-likeness (QED) is 0.504. The molecular formula is C24H32BN3O4. The zero-order valence-corrected chi connectivity index (χ0v) is 19.9. The Kier molecular flexibility index (Phi) is 6.40. The van der Waals surface area contributed by atoms with Crippen molar-refractivity contribution in [2.75, 3.05) is 5.48 Å².